The zero-order valence-corrected chi connectivity index (χ0v) is 12.7. The Kier molecular flexibility index (Phi) is 4.83. The van der Waals surface area contributed by atoms with Crippen molar-refractivity contribution in [3.05, 3.63) is 41.0 Å². The monoisotopic (exact) mass is 295 g/mol. The van der Waals surface area contributed by atoms with E-state index in [0.29, 0.717) is 22.8 Å². The predicted molar refractivity (Wildman–Crippen MR) is 79.7 cm³/mol. The van der Waals surface area contributed by atoms with Crippen LogP contribution in [0.1, 0.15) is 26.2 Å². The number of nitrogens with zero attached hydrogens (tertiary/aromatic N) is 1. The van der Waals surface area contributed by atoms with Crippen molar-refractivity contribution in [3.63, 3.8) is 0 Å². The van der Waals surface area contributed by atoms with E-state index in [-0.39, 0.29) is 0 Å². The Balaban J connectivity index is 2.57. The van der Waals surface area contributed by atoms with E-state index in [1.54, 1.807) is 14.0 Å². The molecule has 0 bridgehead atoms. The maximum absolute atomic E-state index is 13.4. The van der Waals surface area contributed by atoms with Crippen LogP contribution >= 0.6 is 0 Å². The summed E-state index contributed by atoms with van der Waals surface area (Å²) in [5, 5.41) is 9.73. The van der Waals surface area contributed by atoms with Crippen LogP contribution in [0.25, 0.3) is 0 Å². The fourth-order valence-electron chi connectivity index (χ4n) is 2.33. The highest BCUT2D eigenvalue weighted by molar-refractivity contribution is 7.97. The second kappa shape index (κ2) is 6.41. The van der Waals surface area contributed by atoms with Crippen LogP contribution in [-0.4, -0.2) is 29.1 Å². The van der Waals surface area contributed by atoms with Crippen molar-refractivity contribution in [1.29, 1.82) is 0 Å². The minimum atomic E-state index is -2.71. The third kappa shape index (κ3) is 3.04. The number of hydrogen-bond acceptors (Lipinski definition) is 4. The van der Waals surface area contributed by atoms with E-state index >= 15 is 0 Å². The molecular weight excluding hydrogens is 274 g/mol. The van der Waals surface area contributed by atoms with Gasteiger partial charge in [-0.3, -0.25) is 0 Å². The van der Waals surface area contributed by atoms with Gasteiger partial charge in [0.25, 0.3) is 0 Å². The van der Waals surface area contributed by atoms with Gasteiger partial charge in [-0.25, -0.2) is 8.57 Å². The van der Waals surface area contributed by atoms with Crippen LogP contribution in [0, 0.1) is 0 Å². The van der Waals surface area contributed by atoms with Gasteiger partial charge in [-0.1, -0.05) is 18.2 Å². The topological polar surface area (TPSA) is 58.9 Å². The fraction of sp³-hybridized carbons (Fsp3) is 0.467. The summed E-state index contributed by atoms with van der Waals surface area (Å²) in [6.07, 6.45) is 1.43. The van der Waals surface area contributed by atoms with Gasteiger partial charge in [0, 0.05) is 19.9 Å². The molecule has 0 aromatic heterocycles. The summed E-state index contributed by atoms with van der Waals surface area (Å²) in [5.74, 6) is 0.741. The summed E-state index contributed by atoms with van der Waals surface area (Å²) in [7, 11) is -1.14. The zero-order valence-electron chi connectivity index (χ0n) is 11.9. The highest BCUT2D eigenvalue weighted by Crippen LogP contribution is 2.32. The van der Waals surface area contributed by atoms with Crippen LogP contribution in [0.15, 0.2) is 50.3 Å². The van der Waals surface area contributed by atoms with Gasteiger partial charge in [-0.15, -0.1) is 0 Å². The van der Waals surface area contributed by atoms with Gasteiger partial charge in [0.1, 0.15) is 15.5 Å². The Labute approximate surface area is 120 Å². The molecule has 1 aliphatic heterocycles. The van der Waals surface area contributed by atoms with E-state index < -0.39 is 15.8 Å². The second-order valence-electron chi connectivity index (χ2n) is 4.87. The molecule has 1 aromatic carbocycles. The van der Waals surface area contributed by atoms with Gasteiger partial charge >= 0.3 is 0 Å². The molecule has 1 heterocycles. The molecule has 2 rings (SSSR count). The van der Waals surface area contributed by atoms with Crippen LogP contribution < -0.4 is 0 Å². The van der Waals surface area contributed by atoms with Crippen LogP contribution in [0.4, 0.5) is 0 Å². The van der Waals surface area contributed by atoms with Gasteiger partial charge in [0.05, 0.1) is 22.5 Å². The molecule has 20 heavy (non-hydrogen) atoms. The van der Waals surface area contributed by atoms with Gasteiger partial charge in [0.15, 0.2) is 0 Å². The number of aliphatic hydroxyl groups is 1. The Hall–Kier alpha value is -1.33. The number of aliphatic hydroxyl groups excluding tert-OH is 1. The van der Waals surface area contributed by atoms with E-state index in [9.17, 15) is 9.32 Å². The summed E-state index contributed by atoms with van der Waals surface area (Å²) in [6, 6.07) is 9.20. The smallest absolute Gasteiger partial charge is 0.109 e. The minimum absolute atomic E-state index is 0.320. The SMILES string of the molecule is CN=S(=O)(/C(CC(C)O)=C1\CCCO1)c1ccccc1. The van der Waals surface area contributed by atoms with Gasteiger partial charge in [-0.2, -0.15) is 0 Å². The molecule has 0 saturated carbocycles. The van der Waals surface area contributed by atoms with Crippen LogP contribution in [-0.2, 0) is 14.5 Å². The maximum Gasteiger partial charge on any atom is 0.109 e. The van der Waals surface area contributed by atoms with E-state index in [2.05, 4.69) is 4.36 Å². The van der Waals surface area contributed by atoms with E-state index in [0.717, 1.165) is 18.6 Å². The third-order valence-electron chi connectivity index (χ3n) is 3.27. The van der Waals surface area contributed by atoms with E-state index in [1.807, 2.05) is 30.3 Å². The van der Waals surface area contributed by atoms with Crippen molar-refractivity contribution in [1.82, 2.24) is 0 Å². The number of benzene rings is 1. The molecule has 1 N–H and O–H groups in total. The van der Waals surface area contributed by atoms with Crippen molar-refractivity contribution in [2.75, 3.05) is 13.7 Å². The van der Waals surface area contributed by atoms with E-state index in [1.165, 1.54) is 0 Å². The Morgan fingerprint density at radius 1 is 1.45 bits per heavy atom. The van der Waals surface area contributed by atoms with Crippen molar-refractivity contribution >= 4 is 9.73 Å². The number of hydrogen-bond donors (Lipinski definition) is 1. The van der Waals surface area contributed by atoms with Crippen LogP contribution in [0.5, 0.6) is 0 Å². The molecule has 0 amide bonds. The van der Waals surface area contributed by atoms with Crippen molar-refractivity contribution in [2.45, 2.75) is 37.2 Å². The molecule has 1 fully saturated rings. The molecule has 1 aromatic rings. The maximum atomic E-state index is 13.4. The lowest BCUT2D eigenvalue weighted by Gasteiger charge is -2.17. The summed E-state index contributed by atoms with van der Waals surface area (Å²) in [5.41, 5.74) is 0. The molecule has 0 aliphatic carbocycles. The van der Waals surface area contributed by atoms with Crippen LogP contribution in [0.3, 0.4) is 0 Å². The van der Waals surface area contributed by atoms with Crippen LogP contribution in [0.2, 0.25) is 0 Å². The second-order valence-corrected chi connectivity index (χ2v) is 7.25. The molecule has 2 unspecified atom stereocenters. The third-order valence-corrected chi connectivity index (χ3v) is 5.76. The summed E-state index contributed by atoms with van der Waals surface area (Å²) in [4.78, 5) is 1.31. The zero-order chi connectivity index (χ0) is 14.6. The molecule has 0 spiro atoms. The van der Waals surface area contributed by atoms with Gasteiger partial charge in [-0.05, 0) is 25.5 Å². The molecule has 2 atom stereocenters. The first-order chi connectivity index (χ1) is 9.58. The molecular formula is C15H21NO3S. The first kappa shape index (κ1) is 15.1. The first-order valence-electron chi connectivity index (χ1n) is 6.81. The van der Waals surface area contributed by atoms with Crippen molar-refractivity contribution in [2.24, 2.45) is 4.36 Å². The average Bonchev–Trinajstić information content (AvgIpc) is 2.98. The lowest BCUT2D eigenvalue weighted by molar-refractivity contribution is 0.193. The van der Waals surface area contributed by atoms with E-state index in [4.69, 9.17) is 4.74 Å². The van der Waals surface area contributed by atoms with Crippen molar-refractivity contribution in [3.8, 4) is 0 Å². The quantitative estimate of drug-likeness (QED) is 0.929. The summed E-state index contributed by atoms with van der Waals surface area (Å²) >= 11 is 0. The Morgan fingerprint density at radius 3 is 2.65 bits per heavy atom. The lowest BCUT2D eigenvalue weighted by atomic mass is 10.2. The molecule has 0 radical (unpaired) electrons. The summed E-state index contributed by atoms with van der Waals surface area (Å²) < 4.78 is 23.1. The van der Waals surface area contributed by atoms with Gasteiger partial charge < -0.3 is 9.84 Å². The number of rotatable bonds is 4. The molecule has 1 aliphatic rings. The first-order valence-corrected chi connectivity index (χ1v) is 8.32. The normalized spacial score (nSPS) is 21.8. The van der Waals surface area contributed by atoms with Crippen molar-refractivity contribution < 1.29 is 14.1 Å². The lowest BCUT2D eigenvalue weighted by Crippen LogP contribution is -2.13. The molecule has 5 heteroatoms. The minimum Gasteiger partial charge on any atom is -0.497 e. The average molecular weight is 295 g/mol. The Morgan fingerprint density at radius 2 is 2.15 bits per heavy atom. The highest BCUT2D eigenvalue weighted by atomic mass is 32.2. The molecule has 110 valence electrons. The molecule has 1 saturated heterocycles. The summed E-state index contributed by atoms with van der Waals surface area (Å²) in [6.45, 7) is 2.34. The highest BCUT2D eigenvalue weighted by Gasteiger charge is 2.26. The molecule has 4 nitrogen and oxygen atoms in total. The largest absolute Gasteiger partial charge is 0.497 e. The number of ether oxygens (including phenoxy) is 1. The fourth-order valence-corrected chi connectivity index (χ4v) is 4.51. The Bertz CT molecular complexity index is 591. The number of allylic oxidation sites excluding steroid dienone is 1. The van der Waals surface area contributed by atoms with Gasteiger partial charge in [0.2, 0.25) is 0 Å². The predicted octanol–water partition coefficient (Wildman–Crippen LogP) is 2.94. The standard InChI is InChI=1S/C15H21NO3S/c1-12(17)11-15(14-9-6-10-19-14)20(18,16-2)13-7-4-3-5-8-13/h3-5,7-8,12,17H,6,9-11H2,1-2H3/b15-14+.